The third kappa shape index (κ3) is 7.59. The van der Waals surface area contributed by atoms with Gasteiger partial charge in [0.2, 0.25) is 0 Å². The number of hydrogen-bond acceptors (Lipinski definition) is 8. The Kier molecular flexibility index (Phi) is 9.18. The van der Waals surface area contributed by atoms with E-state index in [1.54, 1.807) is 27.7 Å². The molecule has 2 atom stereocenters. The number of carbonyl (C=O) groups excluding carboxylic acids is 3. The average molecular weight is 380 g/mol. The highest BCUT2D eigenvalue weighted by Crippen LogP contribution is 2.20. The standard InChI is InChI=1S/C19H24O8/c1-6-17(20)27-16-10-14(18(21)25-12(4)23-7-2)9-15(11-16)19(22)26-13(5)24-8-3/h6,9-13H,1,7-8H2,2-5H3. The van der Waals surface area contributed by atoms with Crippen molar-refractivity contribution < 1.29 is 38.1 Å². The molecule has 0 saturated heterocycles. The number of carbonyl (C=O) groups is 3. The van der Waals surface area contributed by atoms with Crippen LogP contribution < -0.4 is 4.74 Å². The van der Waals surface area contributed by atoms with E-state index >= 15 is 0 Å². The molecular formula is C19H24O8. The van der Waals surface area contributed by atoms with E-state index in [-0.39, 0.29) is 16.9 Å². The predicted molar refractivity (Wildman–Crippen MR) is 95.3 cm³/mol. The van der Waals surface area contributed by atoms with Gasteiger partial charge in [-0.15, -0.1) is 0 Å². The van der Waals surface area contributed by atoms with Crippen LogP contribution in [0.15, 0.2) is 30.9 Å². The van der Waals surface area contributed by atoms with Gasteiger partial charge >= 0.3 is 17.9 Å². The second-order valence-electron chi connectivity index (χ2n) is 5.23. The van der Waals surface area contributed by atoms with E-state index in [1.165, 1.54) is 18.2 Å². The lowest BCUT2D eigenvalue weighted by molar-refractivity contribution is -0.129. The summed E-state index contributed by atoms with van der Waals surface area (Å²) in [5.41, 5.74) is -0.0149. The van der Waals surface area contributed by atoms with Gasteiger partial charge < -0.3 is 23.7 Å². The van der Waals surface area contributed by atoms with Crippen molar-refractivity contribution in [1.82, 2.24) is 0 Å². The summed E-state index contributed by atoms with van der Waals surface area (Å²) in [7, 11) is 0. The summed E-state index contributed by atoms with van der Waals surface area (Å²) in [4.78, 5) is 36.1. The van der Waals surface area contributed by atoms with Crippen LogP contribution >= 0.6 is 0 Å². The van der Waals surface area contributed by atoms with Gasteiger partial charge in [-0.3, -0.25) is 0 Å². The van der Waals surface area contributed by atoms with Crippen LogP contribution in [-0.4, -0.2) is 43.7 Å². The molecule has 0 amide bonds. The van der Waals surface area contributed by atoms with Crippen molar-refractivity contribution in [2.24, 2.45) is 0 Å². The van der Waals surface area contributed by atoms with Crippen molar-refractivity contribution in [3.8, 4) is 5.75 Å². The molecule has 8 heteroatoms. The van der Waals surface area contributed by atoms with E-state index in [0.29, 0.717) is 13.2 Å². The Hall–Kier alpha value is -2.71. The fourth-order valence-electron chi connectivity index (χ4n) is 2.03. The Balaban J connectivity index is 3.12. The highest BCUT2D eigenvalue weighted by molar-refractivity contribution is 5.96. The van der Waals surface area contributed by atoms with Crippen LogP contribution in [0.1, 0.15) is 48.4 Å². The lowest BCUT2D eigenvalue weighted by atomic mass is 10.1. The zero-order valence-electron chi connectivity index (χ0n) is 15.9. The zero-order chi connectivity index (χ0) is 20.4. The van der Waals surface area contributed by atoms with E-state index in [2.05, 4.69) is 6.58 Å². The SMILES string of the molecule is C=CC(=O)Oc1cc(C(=O)OC(C)OCC)cc(C(=O)OC(C)OCC)c1. The second kappa shape index (κ2) is 11.1. The smallest absolute Gasteiger partial charge is 0.340 e. The summed E-state index contributed by atoms with van der Waals surface area (Å²) >= 11 is 0. The van der Waals surface area contributed by atoms with Crippen molar-refractivity contribution in [2.75, 3.05) is 13.2 Å². The topological polar surface area (TPSA) is 97.4 Å². The largest absolute Gasteiger partial charge is 0.432 e. The van der Waals surface area contributed by atoms with Gasteiger partial charge in [-0.1, -0.05) is 6.58 Å². The minimum Gasteiger partial charge on any atom is -0.432 e. The summed E-state index contributed by atoms with van der Waals surface area (Å²) in [5.74, 6) is -2.28. The molecule has 0 aliphatic rings. The maximum absolute atomic E-state index is 12.3. The average Bonchev–Trinajstić information content (AvgIpc) is 2.61. The third-order valence-corrected chi connectivity index (χ3v) is 3.11. The predicted octanol–water partition coefficient (Wildman–Crippen LogP) is 2.86. The maximum Gasteiger partial charge on any atom is 0.340 e. The van der Waals surface area contributed by atoms with Crippen molar-refractivity contribution in [3.05, 3.63) is 42.0 Å². The van der Waals surface area contributed by atoms with Gasteiger partial charge in [0.15, 0.2) is 12.6 Å². The van der Waals surface area contributed by atoms with Gasteiger partial charge in [-0.2, -0.15) is 0 Å². The van der Waals surface area contributed by atoms with Crippen molar-refractivity contribution >= 4 is 17.9 Å². The maximum atomic E-state index is 12.3. The molecule has 1 aromatic rings. The molecular weight excluding hydrogens is 356 g/mol. The molecule has 27 heavy (non-hydrogen) atoms. The molecule has 0 aromatic heterocycles. The number of hydrogen-bond donors (Lipinski definition) is 0. The molecule has 0 aliphatic carbocycles. The fraction of sp³-hybridized carbons (Fsp3) is 0.421. The first kappa shape index (κ1) is 22.3. The molecule has 0 fully saturated rings. The highest BCUT2D eigenvalue weighted by Gasteiger charge is 2.20. The second-order valence-corrected chi connectivity index (χ2v) is 5.23. The molecule has 0 N–H and O–H groups in total. The van der Waals surface area contributed by atoms with Gasteiger partial charge in [0, 0.05) is 19.3 Å². The van der Waals surface area contributed by atoms with Crippen LogP contribution in [0.25, 0.3) is 0 Å². The van der Waals surface area contributed by atoms with Crippen LogP contribution in [0.2, 0.25) is 0 Å². The molecule has 0 spiro atoms. The molecule has 8 nitrogen and oxygen atoms in total. The Morgan fingerprint density at radius 3 is 1.74 bits per heavy atom. The van der Waals surface area contributed by atoms with E-state index in [1.807, 2.05) is 0 Å². The molecule has 0 radical (unpaired) electrons. The van der Waals surface area contributed by atoms with Crippen molar-refractivity contribution in [2.45, 2.75) is 40.3 Å². The van der Waals surface area contributed by atoms with Gasteiger partial charge in [0.25, 0.3) is 0 Å². The van der Waals surface area contributed by atoms with Gasteiger partial charge in [-0.05, 0) is 45.9 Å². The number of ether oxygens (including phenoxy) is 5. The van der Waals surface area contributed by atoms with E-state index in [9.17, 15) is 14.4 Å². The van der Waals surface area contributed by atoms with Crippen LogP contribution in [0.5, 0.6) is 5.75 Å². The molecule has 0 saturated carbocycles. The molecule has 2 unspecified atom stereocenters. The molecule has 0 aliphatic heterocycles. The Morgan fingerprint density at radius 1 is 0.926 bits per heavy atom. The van der Waals surface area contributed by atoms with E-state index in [0.717, 1.165) is 6.08 Å². The summed E-state index contributed by atoms with van der Waals surface area (Å²) in [6.07, 6.45) is -0.609. The highest BCUT2D eigenvalue weighted by atomic mass is 16.7. The van der Waals surface area contributed by atoms with E-state index < -0.39 is 30.5 Å². The Bertz CT molecular complexity index is 638. The molecule has 1 aromatic carbocycles. The minimum absolute atomic E-state index is 0.00747. The van der Waals surface area contributed by atoms with Gasteiger partial charge in [0.1, 0.15) is 5.75 Å². The zero-order valence-corrected chi connectivity index (χ0v) is 15.9. The lowest BCUT2D eigenvalue weighted by Crippen LogP contribution is -2.20. The fourth-order valence-corrected chi connectivity index (χ4v) is 2.03. The molecule has 0 bridgehead atoms. The Morgan fingerprint density at radius 2 is 1.37 bits per heavy atom. The third-order valence-electron chi connectivity index (χ3n) is 3.11. The summed E-state index contributed by atoms with van der Waals surface area (Å²) < 4.78 is 25.6. The van der Waals surface area contributed by atoms with Crippen molar-refractivity contribution in [1.29, 1.82) is 0 Å². The van der Waals surface area contributed by atoms with Crippen LogP contribution in [0.4, 0.5) is 0 Å². The first-order chi connectivity index (χ1) is 12.8. The van der Waals surface area contributed by atoms with E-state index in [4.69, 9.17) is 23.7 Å². The van der Waals surface area contributed by atoms with Crippen LogP contribution in [0.3, 0.4) is 0 Å². The molecule has 1 rings (SSSR count). The minimum atomic E-state index is -0.782. The van der Waals surface area contributed by atoms with Gasteiger partial charge in [-0.25, -0.2) is 14.4 Å². The number of rotatable bonds is 10. The number of esters is 3. The first-order valence-corrected chi connectivity index (χ1v) is 8.45. The van der Waals surface area contributed by atoms with Crippen molar-refractivity contribution in [3.63, 3.8) is 0 Å². The monoisotopic (exact) mass is 380 g/mol. The lowest BCUT2D eigenvalue weighted by Gasteiger charge is -2.15. The van der Waals surface area contributed by atoms with Crippen LogP contribution in [0, 0.1) is 0 Å². The summed E-state index contributed by atoms with van der Waals surface area (Å²) in [6, 6.07) is 3.81. The number of benzene rings is 1. The summed E-state index contributed by atoms with van der Waals surface area (Å²) in [6.45, 7) is 10.6. The molecule has 148 valence electrons. The first-order valence-electron chi connectivity index (χ1n) is 8.45. The quantitative estimate of drug-likeness (QED) is 0.265. The molecule has 0 heterocycles. The summed E-state index contributed by atoms with van der Waals surface area (Å²) in [5, 5.41) is 0. The normalized spacial score (nSPS) is 12.6. The Labute approximate surface area is 158 Å². The van der Waals surface area contributed by atoms with Crippen LogP contribution in [-0.2, 0) is 23.7 Å². The van der Waals surface area contributed by atoms with Gasteiger partial charge in [0.05, 0.1) is 11.1 Å².